The Balaban J connectivity index is 1.02. The van der Waals surface area contributed by atoms with Crippen molar-refractivity contribution in [1.29, 1.82) is 0 Å². The van der Waals surface area contributed by atoms with Crippen molar-refractivity contribution < 1.29 is 22.9 Å². The number of nitrogens with one attached hydrogen (secondary N) is 2. The molecule has 11 nitrogen and oxygen atoms in total. The van der Waals surface area contributed by atoms with Crippen molar-refractivity contribution in [2.75, 3.05) is 55.3 Å². The highest BCUT2D eigenvalue weighted by Gasteiger charge is 2.24. The highest BCUT2D eigenvalue weighted by molar-refractivity contribution is 7.99. The van der Waals surface area contributed by atoms with Crippen LogP contribution in [-0.4, -0.2) is 69.2 Å². The smallest absolute Gasteiger partial charge is 0.293 e. The summed E-state index contributed by atoms with van der Waals surface area (Å²) in [6.07, 6.45) is 0. The van der Waals surface area contributed by atoms with Crippen molar-refractivity contribution in [1.82, 2.24) is 9.62 Å². The second kappa shape index (κ2) is 17.4. The first-order valence-electron chi connectivity index (χ1n) is 17.4. The Kier molecular flexibility index (Phi) is 12.3. The van der Waals surface area contributed by atoms with Crippen LogP contribution in [0.3, 0.4) is 0 Å². The largest absolute Gasteiger partial charge is 0.494 e. The summed E-state index contributed by atoms with van der Waals surface area (Å²) < 4.78 is 33.9. The van der Waals surface area contributed by atoms with Gasteiger partial charge in [-0.25, -0.2) is 13.1 Å². The Morgan fingerprint density at radius 3 is 2.26 bits per heavy atom. The Morgan fingerprint density at radius 2 is 1.57 bits per heavy atom. The van der Waals surface area contributed by atoms with E-state index in [0.717, 1.165) is 60.7 Å². The van der Waals surface area contributed by atoms with Crippen LogP contribution in [0.15, 0.2) is 131 Å². The van der Waals surface area contributed by atoms with E-state index >= 15 is 0 Å². The lowest BCUT2D eigenvalue weighted by atomic mass is 9.99. The van der Waals surface area contributed by atoms with E-state index in [2.05, 4.69) is 56.2 Å². The maximum Gasteiger partial charge on any atom is 0.293 e. The fraction of sp³-hybridized carbons (Fsp3) is 0.225. The van der Waals surface area contributed by atoms with Gasteiger partial charge in [0, 0.05) is 67.2 Å². The summed E-state index contributed by atoms with van der Waals surface area (Å²) in [6, 6.07) is 36.7. The zero-order valence-corrected chi connectivity index (χ0v) is 30.9. The molecule has 0 bridgehead atoms. The highest BCUT2D eigenvalue weighted by atomic mass is 32.2. The number of thioether (sulfide) groups is 1. The molecule has 5 aromatic rings. The first-order chi connectivity index (χ1) is 25.7. The van der Waals surface area contributed by atoms with Crippen molar-refractivity contribution in [3.63, 3.8) is 0 Å². The van der Waals surface area contributed by atoms with E-state index in [4.69, 9.17) is 4.74 Å². The topological polar surface area (TPSA) is 134 Å². The van der Waals surface area contributed by atoms with Crippen LogP contribution in [0.4, 0.5) is 17.1 Å². The molecule has 0 radical (unpaired) electrons. The van der Waals surface area contributed by atoms with Gasteiger partial charge in [-0.15, -0.1) is 11.8 Å². The van der Waals surface area contributed by atoms with Crippen LogP contribution >= 0.6 is 11.8 Å². The zero-order valence-electron chi connectivity index (χ0n) is 29.3. The molecular formula is C40H41N5O6S2. The van der Waals surface area contributed by atoms with Crippen LogP contribution in [0.1, 0.15) is 22.8 Å². The third-order valence-corrected chi connectivity index (χ3v) is 11.2. The molecule has 1 aliphatic heterocycles. The summed E-state index contributed by atoms with van der Waals surface area (Å²) >= 11 is 1.59. The molecule has 1 amide bonds. The number of amides is 1. The van der Waals surface area contributed by atoms with E-state index < -0.39 is 26.5 Å². The van der Waals surface area contributed by atoms with Gasteiger partial charge in [-0.1, -0.05) is 54.6 Å². The number of rotatable bonds is 15. The average Bonchev–Trinajstić information content (AvgIpc) is 3.18. The molecule has 6 rings (SSSR count). The van der Waals surface area contributed by atoms with Crippen molar-refractivity contribution in [2.24, 2.45) is 0 Å². The third kappa shape index (κ3) is 9.74. The van der Waals surface area contributed by atoms with Crippen LogP contribution in [0, 0.1) is 10.1 Å². The second-order valence-corrected chi connectivity index (χ2v) is 15.2. The Hall–Kier alpha value is -5.37. The van der Waals surface area contributed by atoms with Crippen molar-refractivity contribution in [3.05, 3.63) is 143 Å². The van der Waals surface area contributed by atoms with Gasteiger partial charge in [0.25, 0.3) is 21.6 Å². The minimum atomic E-state index is -4.39. The second-order valence-electron chi connectivity index (χ2n) is 12.4. The van der Waals surface area contributed by atoms with Gasteiger partial charge in [0.2, 0.25) is 0 Å². The van der Waals surface area contributed by atoms with Crippen LogP contribution in [0.25, 0.3) is 11.1 Å². The number of nitro benzene ring substituents is 1. The zero-order chi connectivity index (χ0) is 37.2. The molecule has 0 unspecified atom stereocenters. The molecule has 0 aromatic heterocycles. The molecule has 0 spiro atoms. The first kappa shape index (κ1) is 37.4. The number of piperazine rings is 1. The molecule has 0 aliphatic carbocycles. The highest BCUT2D eigenvalue weighted by Crippen LogP contribution is 2.30. The van der Waals surface area contributed by atoms with Gasteiger partial charge in [-0.3, -0.25) is 19.8 Å². The SMILES string of the molecule is CCOc1ccc(-c2ccccc2CN2CCN(c3ccc(C(=O)NS(=O)(=O)c4ccc(NCCSc5ccccc5)c([N+](=O)[O-])c4)cc3)CC2)cc1. The van der Waals surface area contributed by atoms with Gasteiger partial charge >= 0.3 is 0 Å². The summed E-state index contributed by atoms with van der Waals surface area (Å²) in [5.74, 6) is 0.680. The number of carbonyl (C=O) groups excluding carboxylic acids is 1. The standard InChI is InChI=1S/C40H41N5O6S2/c1-2-51-34-18-14-30(15-19-34)37-11-7-6-8-32(37)29-43-23-25-44(26-24-43)33-16-12-31(13-17-33)40(46)42-53(49,50)36-20-21-38(39(28-36)45(47)48)41-22-27-52-35-9-4-3-5-10-35/h3-21,28,41H,2,22-27,29H2,1H3,(H,42,46). The number of nitro groups is 1. The van der Waals surface area contributed by atoms with Crippen LogP contribution in [0.5, 0.6) is 5.75 Å². The number of hydrogen-bond donors (Lipinski definition) is 2. The minimum Gasteiger partial charge on any atom is -0.494 e. The Morgan fingerprint density at radius 1 is 0.868 bits per heavy atom. The molecular weight excluding hydrogens is 711 g/mol. The number of carbonyl (C=O) groups is 1. The number of ether oxygens (including phenoxy) is 1. The van der Waals surface area contributed by atoms with E-state index in [1.165, 1.54) is 23.3 Å². The van der Waals surface area contributed by atoms with Gasteiger partial charge in [0.05, 0.1) is 16.4 Å². The number of nitrogens with zero attached hydrogens (tertiary/aromatic N) is 3. The van der Waals surface area contributed by atoms with E-state index in [9.17, 15) is 23.3 Å². The lowest BCUT2D eigenvalue weighted by Gasteiger charge is -2.36. The Labute approximate surface area is 314 Å². The van der Waals surface area contributed by atoms with E-state index in [1.54, 1.807) is 36.0 Å². The Bertz CT molecular complexity index is 2120. The molecule has 0 saturated carbocycles. The number of sulfonamides is 1. The van der Waals surface area contributed by atoms with Gasteiger partial charge in [-0.2, -0.15) is 0 Å². The fourth-order valence-corrected chi connectivity index (χ4v) is 7.94. The molecule has 274 valence electrons. The van der Waals surface area contributed by atoms with E-state index in [-0.39, 0.29) is 16.1 Å². The molecule has 2 N–H and O–H groups in total. The third-order valence-electron chi connectivity index (χ3n) is 8.89. The van der Waals surface area contributed by atoms with E-state index in [0.29, 0.717) is 18.9 Å². The predicted octanol–water partition coefficient (Wildman–Crippen LogP) is 7.31. The summed E-state index contributed by atoms with van der Waals surface area (Å²) in [4.78, 5) is 29.6. The van der Waals surface area contributed by atoms with Gasteiger partial charge in [-0.05, 0) is 84.3 Å². The van der Waals surface area contributed by atoms with E-state index in [1.807, 2.05) is 49.4 Å². The summed E-state index contributed by atoms with van der Waals surface area (Å²) in [5.41, 5.74) is 4.49. The average molecular weight is 752 g/mol. The normalized spacial score (nSPS) is 13.3. The molecule has 1 aliphatic rings. The summed E-state index contributed by atoms with van der Waals surface area (Å²) in [5, 5.41) is 14.8. The maximum atomic E-state index is 13.1. The maximum absolute atomic E-state index is 13.1. The first-order valence-corrected chi connectivity index (χ1v) is 19.8. The fourth-order valence-electron chi connectivity index (χ4n) is 6.16. The van der Waals surface area contributed by atoms with Gasteiger partial charge < -0.3 is 15.0 Å². The molecule has 53 heavy (non-hydrogen) atoms. The van der Waals surface area contributed by atoms with Crippen molar-refractivity contribution in [2.45, 2.75) is 23.3 Å². The lowest BCUT2D eigenvalue weighted by molar-refractivity contribution is -0.384. The van der Waals surface area contributed by atoms with Crippen LogP contribution < -0.4 is 19.7 Å². The van der Waals surface area contributed by atoms with Crippen molar-refractivity contribution in [3.8, 4) is 16.9 Å². The molecule has 13 heteroatoms. The summed E-state index contributed by atoms with van der Waals surface area (Å²) in [6.45, 7) is 7.14. The quantitative estimate of drug-likeness (QED) is 0.0486. The molecule has 1 saturated heterocycles. The number of benzene rings is 5. The predicted molar refractivity (Wildman–Crippen MR) is 210 cm³/mol. The molecule has 1 fully saturated rings. The van der Waals surface area contributed by atoms with Crippen LogP contribution in [-0.2, 0) is 16.6 Å². The molecule has 0 atom stereocenters. The monoisotopic (exact) mass is 751 g/mol. The summed E-state index contributed by atoms with van der Waals surface area (Å²) in [7, 11) is -4.39. The number of anilines is 2. The van der Waals surface area contributed by atoms with Crippen molar-refractivity contribution >= 4 is 44.8 Å². The molecule has 5 aromatic carbocycles. The van der Waals surface area contributed by atoms with Gasteiger partial charge in [0.15, 0.2) is 0 Å². The number of hydrogen-bond acceptors (Lipinski definition) is 10. The minimum absolute atomic E-state index is 0.158. The molecule has 1 heterocycles. The van der Waals surface area contributed by atoms with Crippen LogP contribution in [0.2, 0.25) is 0 Å². The lowest BCUT2D eigenvalue weighted by Crippen LogP contribution is -2.46. The van der Waals surface area contributed by atoms with Gasteiger partial charge in [0.1, 0.15) is 11.4 Å².